The van der Waals surface area contributed by atoms with Crippen LogP contribution in [0.2, 0.25) is 0 Å². The van der Waals surface area contributed by atoms with Crippen molar-refractivity contribution in [2.45, 2.75) is 58.0 Å². The molecule has 2 aliphatic heterocycles. The van der Waals surface area contributed by atoms with E-state index in [-0.39, 0.29) is 0 Å². The van der Waals surface area contributed by atoms with Gasteiger partial charge in [-0.1, -0.05) is 79.8 Å². The molecule has 2 aliphatic rings. The quantitative estimate of drug-likeness (QED) is 0.599. The molecular formula is C19H28IN. The van der Waals surface area contributed by atoms with Gasteiger partial charge < -0.3 is 0 Å². The molecule has 0 saturated carbocycles. The summed E-state index contributed by atoms with van der Waals surface area (Å²) in [4.78, 5) is 2.75. The zero-order chi connectivity index (χ0) is 15.2. The van der Waals surface area contributed by atoms with Gasteiger partial charge in [0.25, 0.3) is 0 Å². The van der Waals surface area contributed by atoms with Crippen LogP contribution in [-0.2, 0) is 0 Å². The number of halogens is 1. The maximum atomic E-state index is 2.75. The van der Waals surface area contributed by atoms with Crippen molar-refractivity contribution in [1.82, 2.24) is 4.90 Å². The van der Waals surface area contributed by atoms with E-state index in [0.29, 0.717) is 0 Å². The smallest absolute Gasteiger partial charge is 0.0176 e. The van der Waals surface area contributed by atoms with E-state index in [0.717, 1.165) is 30.5 Å². The van der Waals surface area contributed by atoms with E-state index in [4.69, 9.17) is 0 Å². The van der Waals surface area contributed by atoms with Crippen molar-refractivity contribution in [3.63, 3.8) is 0 Å². The van der Waals surface area contributed by atoms with Gasteiger partial charge in [0.05, 0.1) is 0 Å². The van der Waals surface area contributed by atoms with E-state index in [1.165, 1.54) is 19.3 Å². The molecule has 2 unspecified atom stereocenters. The van der Waals surface area contributed by atoms with Gasteiger partial charge in [-0.15, -0.1) is 0 Å². The highest BCUT2D eigenvalue weighted by atomic mass is 127. The van der Waals surface area contributed by atoms with Gasteiger partial charge in [-0.3, -0.25) is 4.90 Å². The summed E-state index contributed by atoms with van der Waals surface area (Å²) >= 11 is 2.33. The Labute approximate surface area is 144 Å². The number of benzene rings is 1. The van der Waals surface area contributed by atoms with Crippen molar-refractivity contribution in [1.29, 1.82) is 0 Å². The summed E-state index contributed by atoms with van der Waals surface area (Å²) in [7, 11) is 0. The fraction of sp³-hybridized carbons (Fsp3) is 0.579. The monoisotopic (exact) mass is 397 g/mol. The molecule has 1 nitrogen and oxygen atoms in total. The molecule has 2 fully saturated rings. The molecule has 2 heterocycles. The van der Waals surface area contributed by atoms with Gasteiger partial charge in [-0.05, 0) is 40.7 Å². The van der Waals surface area contributed by atoms with Gasteiger partial charge in [0.1, 0.15) is 0 Å². The number of nitrogens with zero attached hydrogens (tertiary/aromatic N) is 1. The fourth-order valence-corrected chi connectivity index (χ4v) is 4.37. The van der Waals surface area contributed by atoms with Crippen LogP contribution in [0.25, 0.3) is 0 Å². The fourth-order valence-electron chi connectivity index (χ4n) is 4.15. The molecule has 3 rings (SSSR count). The standard InChI is InChI=1S/C17H22IN.C2H6/c1-13-16(14-6-3-2-4-7-14)12-15-8-9-17(13)19(15)11-5-10-18;1-2/h2-7,10,13,15-17H,8-9,11-12H2,1H3;1-2H3/b10-5+;/t13-,15?,16-,17?;/m1./s1. The van der Waals surface area contributed by atoms with Crippen LogP contribution in [0.1, 0.15) is 51.5 Å². The first-order chi connectivity index (χ1) is 10.3. The molecule has 4 atom stereocenters. The van der Waals surface area contributed by atoms with E-state index in [1.807, 2.05) is 13.8 Å². The van der Waals surface area contributed by atoms with Crippen LogP contribution in [0, 0.1) is 5.92 Å². The topological polar surface area (TPSA) is 3.24 Å². The Kier molecular flexibility index (Phi) is 6.74. The number of hydrogen-bond donors (Lipinski definition) is 0. The summed E-state index contributed by atoms with van der Waals surface area (Å²) in [6, 6.07) is 12.7. The van der Waals surface area contributed by atoms with Crippen LogP contribution >= 0.6 is 22.6 Å². The van der Waals surface area contributed by atoms with Crippen LogP contribution in [0.15, 0.2) is 40.5 Å². The van der Waals surface area contributed by atoms with Crippen LogP contribution < -0.4 is 0 Å². The van der Waals surface area contributed by atoms with E-state index >= 15 is 0 Å². The van der Waals surface area contributed by atoms with Gasteiger partial charge in [-0.2, -0.15) is 0 Å². The summed E-state index contributed by atoms with van der Waals surface area (Å²) in [6.07, 6.45) is 6.44. The predicted octanol–water partition coefficient (Wildman–Crippen LogP) is 5.62. The molecule has 1 aromatic carbocycles. The molecule has 2 heteroatoms. The van der Waals surface area contributed by atoms with E-state index in [9.17, 15) is 0 Å². The van der Waals surface area contributed by atoms with Crippen molar-refractivity contribution >= 4 is 22.6 Å². The number of hydrogen-bond acceptors (Lipinski definition) is 1. The normalized spacial score (nSPS) is 32.0. The highest BCUT2D eigenvalue weighted by molar-refractivity contribution is 14.1. The second kappa shape index (κ2) is 8.33. The average molecular weight is 397 g/mol. The Bertz CT molecular complexity index is 442. The van der Waals surface area contributed by atoms with E-state index < -0.39 is 0 Å². The first kappa shape index (κ1) is 17.0. The number of piperidine rings is 1. The zero-order valence-corrected chi connectivity index (χ0v) is 15.7. The molecule has 2 saturated heterocycles. The molecule has 21 heavy (non-hydrogen) atoms. The largest absolute Gasteiger partial charge is 0.293 e. The van der Waals surface area contributed by atoms with Crippen LogP contribution in [-0.4, -0.2) is 23.5 Å². The minimum atomic E-state index is 0.763. The highest BCUT2D eigenvalue weighted by Gasteiger charge is 2.44. The van der Waals surface area contributed by atoms with Crippen LogP contribution in [0.3, 0.4) is 0 Å². The van der Waals surface area contributed by atoms with Crippen LogP contribution in [0.5, 0.6) is 0 Å². The Morgan fingerprint density at radius 2 is 1.90 bits per heavy atom. The molecule has 0 spiro atoms. The van der Waals surface area contributed by atoms with Gasteiger partial charge >= 0.3 is 0 Å². The Morgan fingerprint density at radius 1 is 1.19 bits per heavy atom. The molecule has 1 aromatic rings. The predicted molar refractivity (Wildman–Crippen MR) is 101 cm³/mol. The zero-order valence-electron chi connectivity index (χ0n) is 13.5. The van der Waals surface area contributed by atoms with Gasteiger partial charge in [-0.25, -0.2) is 0 Å². The van der Waals surface area contributed by atoms with E-state index in [1.54, 1.807) is 5.56 Å². The first-order valence-corrected chi connectivity index (χ1v) is 9.61. The lowest BCUT2D eigenvalue weighted by Gasteiger charge is -2.43. The summed E-state index contributed by atoms with van der Waals surface area (Å²) < 4.78 is 2.16. The third kappa shape index (κ3) is 3.70. The molecular weight excluding hydrogens is 369 g/mol. The lowest BCUT2D eigenvalue weighted by Crippen LogP contribution is -2.47. The summed E-state index contributed by atoms with van der Waals surface area (Å²) in [5.41, 5.74) is 1.55. The van der Waals surface area contributed by atoms with Crippen molar-refractivity contribution < 1.29 is 0 Å². The van der Waals surface area contributed by atoms with Crippen molar-refractivity contribution in [2.24, 2.45) is 5.92 Å². The lowest BCUT2D eigenvalue weighted by atomic mass is 9.77. The molecule has 0 N–H and O–H groups in total. The Balaban J connectivity index is 0.000000774. The summed E-state index contributed by atoms with van der Waals surface area (Å²) in [5.74, 6) is 1.54. The van der Waals surface area contributed by atoms with Gasteiger partial charge in [0.15, 0.2) is 0 Å². The Morgan fingerprint density at radius 3 is 2.57 bits per heavy atom. The van der Waals surface area contributed by atoms with Gasteiger partial charge in [0, 0.05) is 18.6 Å². The van der Waals surface area contributed by atoms with Gasteiger partial charge in [0.2, 0.25) is 0 Å². The molecule has 2 bridgehead atoms. The average Bonchev–Trinajstić information content (AvgIpc) is 2.87. The second-order valence-electron chi connectivity index (χ2n) is 5.97. The van der Waals surface area contributed by atoms with E-state index in [2.05, 4.69) is 74.9 Å². The number of fused-ring (bicyclic) bond motifs is 2. The highest BCUT2D eigenvalue weighted by Crippen LogP contribution is 2.46. The van der Waals surface area contributed by atoms with Crippen molar-refractivity contribution in [3.05, 3.63) is 46.1 Å². The van der Waals surface area contributed by atoms with Crippen LogP contribution in [0.4, 0.5) is 0 Å². The third-order valence-electron chi connectivity index (χ3n) is 5.09. The maximum Gasteiger partial charge on any atom is 0.0176 e. The first-order valence-electron chi connectivity index (χ1n) is 8.37. The van der Waals surface area contributed by atoms with Crippen molar-refractivity contribution in [3.8, 4) is 0 Å². The second-order valence-corrected chi connectivity index (χ2v) is 6.69. The molecule has 0 aliphatic carbocycles. The maximum absolute atomic E-state index is 2.75. The molecule has 116 valence electrons. The molecule has 0 aromatic heterocycles. The SMILES string of the molecule is CC.C[C@H]1C2CCC(C[C@H]1c1ccccc1)N2C/C=C/I. The summed E-state index contributed by atoms with van der Waals surface area (Å²) in [6.45, 7) is 7.61. The third-order valence-corrected chi connectivity index (χ3v) is 5.60. The summed E-state index contributed by atoms with van der Waals surface area (Å²) in [5, 5.41) is 0. The Hall–Kier alpha value is -0.350. The lowest BCUT2D eigenvalue weighted by molar-refractivity contribution is 0.0942. The van der Waals surface area contributed by atoms with Crippen molar-refractivity contribution in [2.75, 3.05) is 6.54 Å². The number of rotatable bonds is 3. The molecule has 0 amide bonds. The minimum absolute atomic E-state index is 0.763. The molecule has 0 radical (unpaired) electrons. The minimum Gasteiger partial charge on any atom is -0.293 e.